The molecule has 5 nitrogen and oxygen atoms in total. The zero-order valence-electron chi connectivity index (χ0n) is 13.4. The van der Waals surface area contributed by atoms with Crippen molar-refractivity contribution in [2.75, 3.05) is 6.54 Å². The SMILES string of the molecule is Cc1nn(C)c(C)c1CC(=O)NCC1(O)CCCCCC1. The highest BCUT2D eigenvalue weighted by molar-refractivity contribution is 5.79. The third-order valence-corrected chi connectivity index (χ3v) is 4.65. The Morgan fingerprint density at radius 1 is 1.29 bits per heavy atom. The number of nitrogens with one attached hydrogen (secondary N) is 1. The standard InChI is InChI=1S/C16H27N3O2/c1-12-14(13(2)19(3)18-12)10-15(20)17-11-16(21)8-6-4-5-7-9-16/h21H,4-11H2,1-3H3,(H,17,20). The van der Waals surface area contributed by atoms with Gasteiger partial charge in [0.1, 0.15) is 0 Å². The summed E-state index contributed by atoms with van der Waals surface area (Å²) in [5.41, 5.74) is 2.20. The number of hydrogen-bond donors (Lipinski definition) is 2. The molecule has 0 aromatic carbocycles. The fourth-order valence-electron chi connectivity index (χ4n) is 3.12. The summed E-state index contributed by atoms with van der Waals surface area (Å²) in [7, 11) is 1.89. The highest BCUT2D eigenvalue weighted by Crippen LogP contribution is 2.26. The second-order valence-electron chi connectivity index (χ2n) is 6.37. The van der Waals surface area contributed by atoms with E-state index in [9.17, 15) is 9.90 Å². The number of carbonyl (C=O) groups is 1. The van der Waals surface area contributed by atoms with E-state index in [4.69, 9.17) is 0 Å². The van der Waals surface area contributed by atoms with Crippen molar-refractivity contribution in [3.63, 3.8) is 0 Å². The first-order valence-electron chi connectivity index (χ1n) is 7.89. The summed E-state index contributed by atoms with van der Waals surface area (Å²) in [4.78, 5) is 12.1. The normalized spacial score (nSPS) is 18.3. The first-order valence-corrected chi connectivity index (χ1v) is 7.89. The zero-order valence-corrected chi connectivity index (χ0v) is 13.4. The number of aliphatic hydroxyl groups is 1. The van der Waals surface area contributed by atoms with E-state index in [1.54, 1.807) is 4.68 Å². The van der Waals surface area contributed by atoms with Crippen molar-refractivity contribution < 1.29 is 9.90 Å². The van der Waals surface area contributed by atoms with Gasteiger partial charge in [-0.3, -0.25) is 9.48 Å². The average Bonchev–Trinajstić information content (AvgIpc) is 2.62. The molecule has 0 saturated heterocycles. The lowest BCUT2D eigenvalue weighted by atomic mass is 9.94. The van der Waals surface area contributed by atoms with Gasteiger partial charge in [-0.1, -0.05) is 25.7 Å². The molecule has 1 amide bonds. The lowest BCUT2D eigenvalue weighted by Crippen LogP contribution is -2.43. The van der Waals surface area contributed by atoms with Crippen LogP contribution in [0.25, 0.3) is 0 Å². The second kappa shape index (κ2) is 6.60. The Hall–Kier alpha value is -1.36. The molecule has 5 heteroatoms. The molecule has 0 unspecified atom stereocenters. The van der Waals surface area contributed by atoms with Crippen LogP contribution in [0.1, 0.15) is 55.5 Å². The molecule has 0 aliphatic heterocycles. The maximum absolute atomic E-state index is 12.1. The van der Waals surface area contributed by atoms with Gasteiger partial charge >= 0.3 is 0 Å². The lowest BCUT2D eigenvalue weighted by molar-refractivity contribution is -0.121. The monoisotopic (exact) mass is 293 g/mol. The third kappa shape index (κ3) is 4.06. The van der Waals surface area contributed by atoms with Crippen LogP contribution in [0.15, 0.2) is 0 Å². The van der Waals surface area contributed by atoms with Crippen molar-refractivity contribution in [1.82, 2.24) is 15.1 Å². The molecule has 1 aliphatic carbocycles. The first-order chi connectivity index (χ1) is 9.91. The zero-order chi connectivity index (χ0) is 15.5. The Morgan fingerprint density at radius 3 is 2.43 bits per heavy atom. The predicted molar refractivity (Wildman–Crippen MR) is 82.0 cm³/mol. The van der Waals surface area contributed by atoms with E-state index >= 15 is 0 Å². The molecule has 118 valence electrons. The number of hydrogen-bond acceptors (Lipinski definition) is 3. The van der Waals surface area contributed by atoms with Crippen molar-refractivity contribution in [1.29, 1.82) is 0 Å². The molecule has 0 bridgehead atoms. The average molecular weight is 293 g/mol. The Morgan fingerprint density at radius 2 is 1.90 bits per heavy atom. The van der Waals surface area contributed by atoms with E-state index in [1.807, 2.05) is 20.9 Å². The topological polar surface area (TPSA) is 67.2 Å². The summed E-state index contributed by atoms with van der Waals surface area (Å²) in [5, 5.41) is 17.8. The van der Waals surface area contributed by atoms with Crippen LogP contribution < -0.4 is 5.32 Å². The largest absolute Gasteiger partial charge is 0.388 e. The first kappa shape index (κ1) is 16.0. The molecule has 1 aliphatic rings. The van der Waals surface area contributed by atoms with E-state index in [0.717, 1.165) is 42.6 Å². The molecule has 2 rings (SSSR count). The van der Waals surface area contributed by atoms with Crippen LogP contribution in [-0.4, -0.2) is 32.9 Å². The Kier molecular flexibility index (Phi) is 5.04. The number of rotatable bonds is 4. The highest BCUT2D eigenvalue weighted by atomic mass is 16.3. The maximum atomic E-state index is 12.1. The smallest absolute Gasteiger partial charge is 0.224 e. The summed E-state index contributed by atoms with van der Waals surface area (Å²) >= 11 is 0. The van der Waals surface area contributed by atoms with Crippen molar-refractivity contribution in [3.05, 3.63) is 17.0 Å². The lowest BCUT2D eigenvalue weighted by Gasteiger charge is -2.26. The summed E-state index contributed by atoms with van der Waals surface area (Å²) < 4.78 is 1.80. The molecular formula is C16H27N3O2. The molecule has 0 spiro atoms. The number of carbonyl (C=O) groups excluding carboxylic acids is 1. The van der Waals surface area contributed by atoms with Crippen LogP contribution in [0.4, 0.5) is 0 Å². The van der Waals surface area contributed by atoms with E-state index in [1.165, 1.54) is 12.8 Å². The molecule has 1 saturated carbocycles. The van der Waals surface area contributed by atoms with Crippen LogP contribution in [0.3, 0.4) is 0 Å². The third-order valence-electron chi connectivity index (χ3n) is 4.65. The van der Waals surface area contributed by atoms with Gasteiger partial charge in [0.25, 0.3) is 0 Å². The Bertz CT molecular complexity index is 500. The fraction of sp³-hybridized carbons (Fsp3) is 0.750. The Balaban J connectivity index is 1.90. The van der Waals surface area contributed by atoms with Gasteiger partial charge in [0.05, 0.1) is 17.7 Å². The molecule has 1 fully saturated rings. The van der Waals surface area contributed by atoms with Crippen LogP contribution in [-0.2, 0) is 18.3 Å². The minimum Gasteiger partial charge on any atom is -0.388 e. The van der Waals surface area contributed by atoms with E-state index in [0.29, 0.717) is 13.0 Å². The maximum Gasteiger partial charge on any atom is 0.224 e. The van der Waals surface area contributed by atoms with E-state index in [2.05, 4.69) is 10.4 Å². The van der Waals surface area contributed by atoms with Gasteiger partial charge in [0.2, 0.25) is 5.91 Å². The number of nitrogens with zero attached hydrogens (tertiary/aromatic N) is 2. The number of aryl methyl sites for hydroxylation is 2. The van der Waals surface area contributed by atoms with Gasteiger partial charge in [0, 0.05) is 24.8 Å². The van der Waals surface area contributed by atoms with Gasteiger partial charge < -0.3 is 10.4 Å². The molecule has 1 aromatic rings. The number of amides is 1. The Labute approximate surface area is 126 Å². The molecule has 1 aromatic heterocycles. The molecule has 0 atom stereocenters. The van der Waals surface area contributed by atoms with Gasteiger partial charge in [-0.25, -0.2) is 0 Å². The van der Waals surface area contributed by atoms with Crippen molar-refractivity contribution in [2.24, 2.45) is 7.05 Å². The highest BCUT2D eigenvalue weighted by Gasteiger charge is 2.28. The predicted octanol–water partition coefficient (Wildman–Crippen LogP) is 1.78. The molecule has 1 heterocycles. The fourth-order valence-corrected chi connectivity index (χ4v) is 3.12. The summed E-state index contributed by atoms with van der Waals surface area (Å²) in [6.07, 6.45) is 6.38. The summed E-state index contributed by atoms with van der Waals surface area (Å²) in [6, 6.07) is 0. The summed E-state index contributed by atoms with van der Waals surface area (Å²) in [5.74, 6) is -0.0353. The van der Waals surface area contributed by atoms with Gasteiger partial charge in [-0.2, -0.15) is 5.10 Å². The van der Waals surface area contributed by atoms with Crippen LogP contribution in [0.5, 0.6) is 0 Å². The molecule has 0 radical (unpaired) electrons. The number of aromatic nitrogens is 2. The summed E-state index contributed by atoms with van der Waals surface area (Å²) in [6.45, 7) is 4.26. The minimum absolute atomic E-state index is 0.0353. The molecule has 2 N–H and O–H groups in total. The van der Waals surface area contributed by atoms with Gasteiger partial charge in [0.15, 0.2) is 0 Å². The van der Waals surface area contributed by atoms with Gasteiger partial charge in [-0.15, -0.1) is 0 Å². The quantitative estimate of drug-likeness (QED) is 0.832. The minimum atomic E-state index is -0.717. The van der Waals surface area contributed by atoms with Crippen LogP contribution in [0.2, 0.25) is 0 Å². The van der Waals surface area contributed by atoms with Crippen molar-refractivity contribution >= 4 is 5.91 Å². The van der Waals surface area contributed by atoms with Gasteiger partial charge in [-0.05, 0) is 26.7 Å². The van der Waals surface area contributed by atoms with E-state index in [-0.39, 0.29) is 5.91 Å². The van der Waals surface area contributed by atoms with Crippen molar-refractivity contribution in [2.45, 2.75) is 64.4 Å². The van der Waals surface area contributed by atoms with Crippen molar-refractivity contribution in [3.8, 4) is 0 Å². The van der Waals surface area contributed by atoms with Crippen LogP contribution >= 0.6 is 0 Å². The van der Waals surface area contributed by atoms with Crippen LogP contribution in [0, 0.1) is 13.8 Å². The second-order valence-corrected chi connectivity index (χ2v) is 6.37. The van der Waals surface area contributed by atoms with E-state index < -0.39 is 5.60 Å². The molecular weight excluding hydrogens is 266 g/mol. The molecule has 21 heavy (non-hydrogen) atoms.